The molecule has 1 aromatic rings. The number of nitrogens with one attached hydrogen (secondary N) is 2. The molecule has 0 unspecified atom stereocenters. The van der Waals surface area contributed by atoms with Crippen molar-refractivity contribution < 1.29 is 19.1 Å². The largest absolute Gasteiger partial charge is 0.382 e. The second-order valence-corrected chi connectivity index (χ2v) is 6.41. The summed E-state index contributed by atoms with van der Waals surface area (Å²) in [5.74, 6) is -0.566. The van der Waals surface area contributed by atoms with E-state index in [4.69, 9.17) is 4.74 Å². The molecule has 4 amide bonds. The third-order valence-electron chi connectivity index (χ3n) is 3.92. The summed E-state index contributed by atoms with van der Waals surface area (Å²) < 4.78 is 4.97. The van der Waals surface area contributed by atoms with Gasteiger partial charge in [0.1, 0.15) is 12.1 Å². The minimum absolute atomic E-state index is 0.0477. The average Bonchev–Trinajstić information content (AvgIpc) is 2.71. The highest BCUT2D eigenvalue weighted by atomic mass is 16.5. The van der Waals surface area contributed by atoms with Gasteiger partial charge in [-0.3, -0.25) is 14.5 Å². The first-order valence-corrected chi connectivity index (χ1v) is 7.79. The van der Waals surface area contributed by atoms with Crippen LogP contribution in [0.2, 0.25) is 0 Å². The molecule has 0 radical (unpaired) electrons. The van der Waals surface area contributed by atoms with Gasteiger partial charge in [0.2, 0.25) is 5.91 Å². The zero-order valence-corrected chi connectivity index (χ0v) is 14.4. The van der Waals surface area contributed by atoms with Crippen LogP contribution in [0.15, 0.2) is 24.3 Å². The molecule has 1 atom stereocenters. The van der Waals surface area contributed by atoms with Crippen molar-refractivity contribution in [2.45, 2.75) is 32.2 Å². The van der Waals surface area contributed by atoms with Gasteiger partial charge in [-0.25, -0.2) is 4.79 Å². The van der Waals surface area contributed by atoms with Gasteiger partial charge in [0, 0.05) is 12.8 Å². The quantitative estimate of drug-likeness (QED) is 0.776. The number of imide groups is 1. The topological polar surface area (TPSA) is 87.7 Å². The average molecular weight is 333 g/mol. The second-order valence-electron chi connectivity index (χ2n) is 6.41. The normalized spacial score (nSPS) is 20.5. The van der Waals surface area contributed by atoms with E-state index in [0.29, 0.717) is 11.6 Å². The van der Waals surface area contributed by atoms with Crippen LogP contribution in [0.3, 0.4) is 0 Å². The molecule has 2 N–H and O–H groups in total. The minimum atomic E-state index is -1.14. The number of amides is 4. The highest BCUT2D eigenvalue weighted by molar-refractivity contribution is 6.10. The molecule has 130 valence electrons. The van der Waals surface area contributed by atoms with Gasteiger partial charge in [0.25, 0.3) is 5.91 Å². The van der Waals surface area contributed by atoms with Crippen LogP contribution in [-0.2, 0) is 14.3 Å². The van der Waals surface area contributed by atoms with E-state index in [9.17, 15) is 14.4 Å². The van der Waals surface area contributed by atoms with Crippen molar-refractivity contribution in [1.82, 2.24) is 10.2 Å². The number of benzene rings is 1. The third kappa shape index (κ3) is 3.73. The van der Waals surface area contributed by atoms with Crippen LogP contribution in [0, 0.1) is 0 Å². The van der Waals surface area contributed by atoms with Gasteiger partial charge in [0.15, 0.2) is 0 Å². The van der Waals surface area contributed by atoms with E-state index in [1.165, 1.54) is 7.11 Å². The Labute approximate surface area is 141 Å². The van der Waals surface area contributed by atoms with Gasteiger partial charge >= 0.3 is 6.03 Å². The molecule has 1 aliphatic rings. The van der Waals surface area contributed by atoms with Crippen LogP contribution >= 0.6 is 0 Å². The highest BCUT2D eigenvalue weighted by Crippen LogP contribution is 2.20. The maximum atomic E-state index is 12.3. The molecule has 7 nitrogen and oxygen atoms in total. The summed E-state index contributed by atoms with van der Waals surface area (Å²) in [7, 11) is 1.45. The maximum absolute atomic E-state index is 12.3. The van der Waals surface area contributed by atoms with Gasteiger partial charge in [-0.2, -0.15) is 0 Å². The van der Waals surface area contributed by atoms with Crippen LogP contribution in [0.25, 0.3) is 0 Å². The van der Waals surface area contributed by atoms with E-state index in [2.05, 4.69) is 24.5 Å². The zero-order valence-electron chi connectivity index (χ0n) is 14.4. The summed E-state index contributed by atoms with van der Waals surface area (Å²) in [5.41, 5.74) is 0.595. The fourth-order valence-corrected chi connectivity index (χ4v) is 2.60. The number of carbonyl (C=O) groups is 3. The Morgan fingerprint density at radius 2 is 2.08 bits per heavy atom. The zero-order chi connectivity index (χ0) is 17.9. The molecule has 24 heavy (non-hydrogen) atoms. The fourth-order valence-electron chi connectivity index (χ4n) is 2.60. The van der Waals surface area contributed by atoms with Gasteiger partial charge < -0.3 is 15.4 Å². The lowest BCUT2D eigenvalue weighted by atomic mass is 10.0. The van der Waals surface area contributed by atoms with Crippen molar-refractivity contribution in [2.75, 3.05) is 25.6 Å². The van der Waals surface area contributed by atoms with Crippen LogP contribution in [0.1, 0.15) is 32.3 Å². The maximum Gasteiger partial charge on any atom is 0.325 e. The monoisotopic (exact) mass is 333 g/mol. The number of nitrogens with zero attached hydrogens (tertiary/aromatic N) is 1. The standard InChI is InChI=1S/C17H23N3O4/c1-11(2)12-6-5-7-13(8-12)18-14(21)9-20-15(22)17(3,10-24-4)19-16(20)23/h5-8,11H,9-10H2,1-4H3,(H,18,21)(H,19,23)/t17-/m1/s1. The van der Waals surface area contributed by atoms with Crippen LogP contribution in [-0.4, -0.2) is 48.5 Å². The SMILES string of the molecule is COC[C@@]1(C)NC(=O)N(CC(=O)Nc2cccc(C(C)C)c2)C1=O. The molecular weight excluding hydrogens is 310 g/mol. The molecule has 1 saturated heterocycles. The molecule has 0 aliphatic carbocycles. The van der Waals surface area contributed by atoms with E-state index >= 15 is 0 Å². The van der Waals surface area contributed by atoms with E-state index in [-0.39, 0.29) is 13.2 Å². The van der Waals surface area contributed by atoms with Crippen LogP contribution < -0.4 is 10.6 Å². The lowest BCUT2D eigenvalue weighted by Gasteiger charge is -2.20. The minimum Gasteiger partial charge on any atom is -0.382 e. The summed E-state index contributed by atoms with van der Waals surface area (Å²) in [6, 6.07) is 6.89. The lowest BCUT2D eigenvalue weighted by Crippen LogP contribution is -2.48. The Kier molecular flexibility index (Phi) is 5.23. The number of hydrogen-bond acceptors (Lipinski definition) is 4. The Bertz CT molecular complexity index is 659. The molecule has 0 bridgehead atoms. The molecule has 0 saturated carbocycles. The van der Waals surface area contributed by atoms with Crippen molar-refractivity contribution in [3.05, 3.63) is 29.8 Å². The molecule has 0 aromatic heterocycles. The Hall–Kier alpha value is -2.41. The van der Waals surface area contributed by atoms with Gasteiger partial charge in [-0.05, 0) is 30.5 Å². The van der Waals surface area contributed by atoms with Gasteiger partial charge in [-0.1, -0.05) is 26.0 Å². The van der Waals surface area contributed by atoms with Crippen molar-refractivity contribution in [3.63, 3.8) is 0 Å². The molecule has 1 aromatic carbocycles. The smallest absolute Gasteiger partial charge is 0.325 e. The number of hydrogen-bond donors (Lipinski definition) is 2. The first-order chi connectivity index (χ1) is 11.3. The molecular formula is C17H23N3O4. The van der Waals surface area contributed by atoms with Crippen molar-refractivity contribution in [1.29, 1.82) is 0 Å². The summed E-state index contributed by atoms with van der Waals surface area (Å²) in [5, 5.41) is 5.28. The number of rotatable bonds is 6. The van der Waals surface area contributed by atoms with Gasteiger partial charge in [-0.15, -0.1) is 0 Å². The number of methoxy groups -OCH3 is 1. The van der Waals surface area contributed by atoms with E-state index in [1.54, 1.807) is 13.0 Å². The molecule has 7 heteroatoms. The highest BCUT2D eigenvalue weighted by Gasteiger charge is 2.48. The number of carbonyl (C=O) groups excluding carboxylic acids is 3. The first kappa shape index (κ1) is 17.9. The fraction of sp³-hybridized carbons (Fsp3) is 0.471. The predicted molar refractivity (Wildman–Crippen MR) is 89.7 cm³/mol. The molecule has 0 spiro atoms. The Balaban J connectivity index is 2.03. The Morgan fingerprint density at radius 1 is 1.38 bits per heavy atom. The van der Waals surface area contributed by atoms with Crippen molar-refractivity contribution in [3.8, 4) is 0 Å². The lowest BCUT2D eigenvalue weighted by molar-refractivity contribution is -0.134. The number of urea groups is 1. The summed E-state index contributed by atoms with van der Waals surface area (Å²) in [6.07, 6.45) is 0. The molecule has 1 heterocycles. The van der Waals surface area contributed by atoms with Crippen LogP contribution in [0.4, 0.5) is 10.5 Å². The van der Waals surface area contributed by atoms with E-state index in [1.807, 2.05) is 18.2 Å². The Morgan fingerprint density at radius 3 is 2.71 bits per heavy atom. The van der Waals surface area contributed by atoms with E-state index in [0.717, 1.165) is 10.5 Å². The van der Waals surface area contributed by atoms with Crippen LogP contribution in [0.5, 0.6) is 0 Å². The van der Waals surface area contributed by atoms with E-state index < -0.39 is 23.4 Å². The first-order valence-electron chi connectivity index (χ1n) is 7.79. The summed E-state index contributed by atoms with van der Waals surface area (Å²) >= 11 is 0. The van der Waals surface area contributed by atoms with Gasteiger partial charge in [0.05, 0.1) is 6.61 Å². The summed E-state index contributed by atoms with van der Waals surface area (Å²) in [6.45, 7) is 5.40. The molecule has 2 rings (SSSR count). The predicted octanol–water partition coefficient (Wildman–Crippen LogP) is 1.71. The van der Waals surface area contributed by atoms with Crippen molar-refractivity contribution in [2.24, 2.45) is 0 Å². The summed E-state index contributed by atoms with van der Waals surface area (Å²) in [4.78, 5) is 37.4. The third-order valence-corrected chi connectivity index (χ3v) is 3.92. The molecule has 1 fully saturated rings. The number of ether oxygens (including phenoxy) is 1. The second kappa shape index (κ2) is 7.00. The molecule has 1 aliphatic heterocycles. The van der Waals surface area contributed by atoms with Crippen molar-refractivity contribution >= 4 is 23.5 Å². The number of anilines is 1.